The monoisotopic (exact) mass is 461 g/mol. The van der Waals surface area contributed by atoms with Crippen molar-refractivity contribution in [3.8, 4) is 22.6 Å². The van der Waals surface area contributed by atoms with Crippen molar-refractivity contribution in [2.24, 2.45) is 0 Å². The fourth-order valence-electron chi connectivity index (χ4n) is 3.62. The van der Waals surface area contributed by atoms with Gasteiger partial charge in [-0.15, -0.1) is 10.2 Å². The highest BCUT2D eigenvalue weighted by molar-refractivity contribution is 7.99. The van der Waals surface area contributed by atoms with E-state index in [1.807, 2.05) is 36.4 Å². The standard InChI is InChI=1S/C25H27N5O2S/c1-3-30-24(28-29-25(30)33-17-23(31)26-14-9-15-32-2)20-16-22(18-10-5-4-6-11-18)27-21-13-8-7-12-19(20)21/h4-8,10-13,16H,3,9,14-15,17H2,1-2H3,(H,26,31). The first kappa shape index (κ1) is 22.9. The maximum atomic E-state index is 12.2. The summed E-state index contributed by atoms with van der Waals surface area (Å²) < 4.78 is 7.07. The Kier molecular flexibility index (Phi) is 7.70. The van der Waals surface area contributed by atoms with Crippen LogP contribution >= 0.6 is 11.8 Å². The zero-order chi connectivity index (χ0) is 23.0. The first-order valence-corrected chi connectivity index (χ1v) is 12.0. The van der Waals surface area contributed by atoms with Crippen molar-refractivity contribution >= 4 is 28.6 Å². The largest absolute Gasteiger partial charge is 0.385 e. The molecule has 0 spiro atoms. The van der Waals surface area contributed by atoms with Crippen LogP contribution in [0.3, 0.4) is 0 Å². The molecule has 2 aromatic carbocycles. The number of amides is 1. The van der Waals surface area contributed by atoms with Gasteiger partial charge < -0.3 is 14.6 Å². The summed E-state index contributed by atoms with van der Waals surface area (Å²) in [5.74, 6) is 1.04. The molecule has 2 aromatic heterocycles. The summed E-state index contributed by atoms with van der Waals surface area (Å²) in [6.45, 7) is 3.98. The average Bonchev–Trinajstić information content (AvgIpc) is 3.28. The van der Waals surface area contributed by atoms with E-state index in [0.717, 1.165) is 45.1 Å². The molecule has 0 saturated heterocycles. The zero-order valence-electron chi connectivity index (χ0n) is 18.8. The van der Waals surface area contributed by atoms with Gasteiger partial charge >= 0.3 is 0 Å². The van der Waals surface area contributed by atoms with Gasteiger partial charge in [0.2, 0.25) is 5.91 Å². The molecule has 1 amide bonds. The van der Waals surface area contributed by atoms with E-state index in [1.54, 1.807) is 7.11 Å². The lowest BCUT2D eigenvalue weighted by atomic mass is 10.0. The number of pyridine rings is 1. The average molecular weight is 462 g/mol. The van der Waals surface area contributed by atoms with Crippen molar-refractivity contribution < 1.29 is 9.53 Å². The van der Waals surface area contributed by atoms with Crippen molar-refractivity contribution in [1.82, 2.24) is 25.1 Å². The van der Waals surface area contributed by atoms with Crippen LogP contribution in [-0.4, -0.2) is 51.7 Å². The Morgan fingerprint density at radius 2 is 1.88 bits per heavy atom. The second kappa shape index (κ2) is 11.1. The van der Waals surface area contributed by atoms with Gasteiger partial charge in [-0.05, 0) is 25.5 Å². The number of para-hydroxylation sites is 1. The van der Waals surface area contributed by atoms with Crippen LogP contribution in [0.1, 0.15) is 13.3 Å². The van der Waals surface area contributed by atoms with Gasteiger partial charge in [-0.1, -0.05) is 60.3 Å². The summed E-state index contributed by atoms with van der Waals surface area (Å²) in [5, 5.41) is 13.6. The van der Waals surface area contributed by atoms with E-state index in [-0.39, 0.29) is 11.7 Å². The maximum Gasteiger partial charge on any atom is 0.230 e. The molecule has 4 rings (SSSR count). The smallest absolute Gasteiger partial charge is 0.230 e. The Labute approximate surface area is 197 Å². The number of hydrogen-bond donors (Lipinski definition) is 1. The molecule has 1 N–H and O–H groups in total. The molecule has 8 heteroatoms. The molecule has 0 aliphatic heterocycles. The molecule has 0 aliphatic carbocycles. The fraction of sp³-hybridized carbons (Fsp3) is 0.280. The minimum absolute atomic E-state index is 0.0240. The van der Waals surface area contributed by atoms with E-state index in [9.17, 15) is 4.79 Å². The molecule has 170 valence electrons. The topological polar surface area (TPSA) is 81.9 Å². The van der Waals surface area contributed by atoms with Crippen molar-refractivity contribution in [2.45, 2.75) is 25.0 Å². The predicted molar refractivity (Wildman–Crippen MR) is 132 cm³/mol. The van der Waals surface area contributed by atoms with Gasteiger partial charge in [0, 0.05) is 43.3 Å². The third kappa shape index (κ3) is 5.40. The van der Waals surface area contributed by atoms with E-state index < -0.39 is 0 Å². The summed E-state index contributed by atoms with van der Waals surface area (Å²) in [4.78, 5) is 17.1. The summed E-state index contributed by atoms with van der Waals surface area (Å²) >= 11 is 1.40. The number of thioether (sulfide) groups is 1. The lowest BCUT2D eigenvalue weighted by Gasteiger charge is -2.12. The van der Waals surface area contributed by atoms with Crippen LogP contribution in [0.2, 0.25) is 0 Å². The third-order valence-electron chi connectivity index (χ3n) is 5.24. The zero-order valence-corrected chi connectivity index (χ0v) is 19.6. The molecular weight excluding hydrogens is 434 g/mol. The number of hydrogen-bond acceptors (Lipinski definition) is 6. The molecule has 0 atom stereocenters. The van der Waals surface area contributed by atoms with Gasteiger partial charge in [0.1, 0.15) is 0 Å². The fourth-order valence-corrected chi connectivity index (χ4v) is 4.45. The number of rotatable bonds is 10. The first-order valence-electron chi connectivity index (χ1n) is 11.0. The lowest BCUT2D eigenvalue weighted by molar-refractivity contribution is -0.118. The Morgan fingerprint density at radius 1 is 1.09 bits per heavy atom. The highest BCUT2D eigenvalue weighted by Crippen LogP contribution is 2.32. The lowest BCUT2D eigenvalue weighted by Crippen LogP contribution is -2.27. The number of nitrogens with zero attached hydrogens (tertiary/aromatic N) is 4. The van der Waals surface area contributed by atoms with E-state index in [2.05, 4.69) is 51.3 Å². The molecule has 2 heterocycles. The molecule has 0 fully saturated rings. The Morgan fingerprint density at radius 3 is 2.67 bits per heavy atom. The maximum absolute atomic E-state index is 12.2. The van der Waals surface area contributed by atoms with Gasteiger partial charge in [-0.25, -0.2) is 4.98 Å². The van der Waals surface area contributed by atoms with Crippen molar-refractivity contribution in [2.75, 3.05) is 26.0 Å². The van der Waals surface area contributed by atoms with Crippen molar-refractivity contribution in [1.29, 1.82) is 0 Å². The summed E-state index contributed by atoms with van der Waals surface area (Å²) in [6.07, 6.45) is 0.793. The molecule has 0 bridgehead atoms. The van der Waals surface area contributed by atoms with Crippen LogP contribution in [0.25, 0.3) is 33.5 Å². The quantitative estimate of drug-likeness (QED) is 0.278. The van der Waals surface area contributed by atoms with Gasteiger partial charge in [0.25, 0.3) is 0 Å². The number of nitrogens with one attached hydrogen (secondary N) is 1. The minimum atomic E-state index is -0.0240. The van der Waals surface area contributed by atoms with E-state index >= 15 is 0 Å². The van der Waals surface area contributed by atoms with Crippen LogP contribution < -0.4 is 5.32 Å². The van der Waals surface area contributed by atoms with Crippen LogP contribution in [-0.2, 0) is 16.1 Å². The van der Waals surface area contributed by atoms with Crippen LogP contribution in [0.5, 0.6) is 0 Å². The molecule has 0 radical (unpaired) electrons. The van der Waals surface area contributed by atoms with Crippen molar-refractivity contribution in [3.05, 3.63) is 60.7 Å². The molecular formula is C25H27N5O2S. The number of carbonyl (C=O) groups is 1. The minimum Gasteiger partial charge on any atom is -0.385 e. The van der Waals surface area contributed by atoms with E-state index in [1.165, 1.54) is 11.8 Å². The number of methoxy groups -OCH3 is 1. The SMILES string of the molecule is CCn1c(SCC(=O)NCCCOC)nnc1-c1cc(-c2ccccc2)nc2ccccc12. The Bertz CT molecular complexity index is 1230. The van der Waals surface area contributed by atoms with Crippen LogP contribution in [0.15, 0.2) is 65.8 Å². The van der Waals surface area contributed by atoms with Gasteiger partial charge in [0.15, 0.2) is 11.0 Å². The predicted octanol–water partition coefficient (Wildman–Crippen LogP) is 4.43. The third-order valence-corrected chi connectivity index (χ3v) is 6.21. The number of ether oxygens (including phenoxy) is 1. The van der Waals surface area contributed by atoms with E-state index in [0.29, 0.717) is 19.7 Å². The van der Waals surface area contributed by atoms with Crippen LogP contribution in [0.4, 0.5) is 0 Å². The Hall–Kier alpha value is -3.23. The van der Waals surface area contributed by atoms with Gasteiger partial charge in [-0.2, -0.15) is 0 Å². The molecule has 4 aromatic rings. The molecule has 7 nitrogen and oxygen atoms in total. The highest BCUT2D eigenvalue weighted by atomic mass is 32.2. The van der Waals surface area contributed by atoms with E-state index in [4.69, 9.17) is 9.72 Å². The molecule has 0 unspecified atom stereocenters. The molecule has 33 heavy (non-hydrogen) atoms. The number of aromatic nitrogens is 4. The highest BCUT2D eigenvalue weighted by Gasteiger charge is 2.18. The van der Waals surface area contributed by atoms with Crippen LogP contribution in [0, 0.1) is 0 Å². The Balaban J connectivity index is 1.63. The normalized spacial score (nSPS) is 11.1. The molecule has 0 saturated carbocycles. The summed E-state index contributed by atoms with van der Waals surface area (Å²) in [7, 11) is 1.65. The van der Waals surface area contributed by atoms with Crippen molar-refractivity contribution in [3.63, 3.8) is 0 Å². The number of benzene rings is 2. The second-order valence-electron chi connectivity index (χ2n) is 7.47. The summed E-state index contributed by atoms with van der Waals surface area (Å²) in [6, 6.07) is 20.3. The molecule has 0 aliphatic rings. The summed E-state index contributed by atoms with van der Waals surface area (Å²) in [5.41, 5.74) is 3.82. The number of fused-ring (bicyclic) bond motifs is 1. The second-order valence-corrected chi connectivity index (χ2v) is 8.42. The van der Waals surface area contributed by atoms with Gasteiger partial charge in [-0.3, -0.25) is 4.79 Å². The first-order chi connectivity index (χ1) is 16.2. The van der Waals surface area contributed by atoms with Gasteiger partial charge in [0.05, 0.1) is 17.0 Å². The number of carbonyl (C=O) groups excluding carboxylic acids is 1.